The molecule has 2 rings (SSSR count). The number of halogens is 1. The second kappa shape index (κ2) is 6.06. The van der Waals surface area contributed by atoms with Gasteiger partial charge in [0.15, 0.2) is 6.61 Å². The lowest BCUT2D eigenvalue weighted by atomic mass is 10.2. The highest BCUT2D eigenvalue weighted by Crippen LogP contribution is 2.22. The minimum atomic E-state index is -0.355. The van der Waals surface area contributed by atoms with Gasteiger partial charge in [-0.05, 0) is 48.9 Å². The fraction of sp³-hybridized carbons (Fsp3) is 0.133. The van der Waals surface area contributed by atoms with Crippen molar-refractivity contribution in [2.75, 3.05) is 17.7 Å². The first-order valence-corrected chi connectivity index (χ1v) is 6.09. The van der Waals surface area contributed by atoms with Crippen LogP contribution in [0.2, 0.25) is 0 Å². The molecule has 2 aromatic rings. The Kier molecular flexibility index (Phi) is 4.20. The predicted molar refractivity (Wildman–Crippen MR) is 76.1 cm³/mol. The Morgan fingerprint density at radius 2 is 1.95 bits per heavy atom. The molecule has 3 N–H and O–H groups in total. The number of rotatable bonds is 4. The van der Waals surface area contributed by atoms with E-state index in [1.54, 1.807) is 12.1 Å². The molecule has 0 saturated heterocycles. The van der Waals surface area contributed by atoms with E-state index in [1.807, 2.05) is 13.0 Å². The van der Waals surface area contributed by atoms with Gasteiger partial charge >= 0.3 is 0 Å². The van der Waals surface area contributed by atoms with Crippen LogP contribution in [0.1, 0.15) is 5.56 Å². The summed E-state index contributed by atoms with van der Waals surface area (Å²) in [5.74, 6) is -0.219. The van der Waals surface area contributed by atoms with Gasteiger partial charge in [-0.25, -0.2) is 4.39 Å². The summed E-state index contributed by atoms with van der Waals surface area (Å²) in [6.45, 7) is 1.75. The Balaban J connectivity index is 1.92. The van der Waals surface area contributed by atoms with Crippen LogP contribution in [0.5, 0.6) is 5.75 Å². The second-order valence-electron chi connectivity index (χ2n) is 4.39. The van der Waals surface area contributed by atoms with Crippen LogP contribution in [0.4, 0.5) is 15.8 Å². The topological polar surface area (TPSA) is 64.3 Å². The van der Waals surface area contributed by atoms with Gasteiger partial charge in [-0.15, -0.1) is 0 Å². The molecule has 0 heterocycles. The van der Waals surface area contributed by atoms with Gasteiger partial charge in [-0.1, -0.05) is 6.07 Å². The average molecular weight is 274 g/mol. The summed E-state index contributed by atoms with van der Waals surface area (Å²) in [6.07, 6.45) is 0. The summed E-state index contributed by atoms with van der Waals surface area (Å²) < 4.78 is 18.1. The van der Waals surface area contributed by atoms with Crippen molar-refractivity contribution in [2.24, 2.45) is 0 Å². The lowest BCUT2D eigenvalue weighted by molar-refractivity contribution is -0.118. The summed E-state index contributed by atoms with van der Waals surface area (Å²) in [5, 5.41) is 2.60. The van der Waals surface area contributed by atoms with Gasteiger partial charge in [-0.3, -0.25) is 4.79 Å². The first-order chi connectivity index (χ1) is 9.54. The average Bonchev–Trinajstić information content (AvgIpc) is 2.42. The lowest BCUT2D eigenvalue weighted by Gasteiger charge is -2.10. The minimum absolute atomic E-state index is 0.162. The molecule has 0 aromatic heterocycles. The molecule has 0 aliphatic heterocycles. The monoisotopic (exact) mass is 274 g/mol. The Morgan fingerprint density at radius 3 is 2.65 bits per heavy atom. The van der Waals surface area contributed by atoms with E-state index < -0.39 is 0 Å². The third kappa shape index (κ3) is 3.71. The maximum Gasteiger partial charge on any atom is 0.262 e. The van der Waals surface area contributed by atoms with Crippen LogP contribution in [-0.4, -0.2) is 12.5 Å². The first-order valence-electron chi connectivity index (χ1n) is 6.09. The molecule has 0 aliphatic rings. The van der Waals surface area contributed by atoms with E-state index in [4.69, 9.17) is 10.5 Å². The molecule has 0 spiro atoms. The molecular weight excluding hydrogens is 259 g/mol. The zero-order valence-corrected chi connectivity index (χ0v) is 11.0. The number of benzene rings is 2. The van der Waals surface area contributed by atoms with Crippen molar-refractivity contribution in [3.63, 3.8) is 0 Å². The number of carbonyl (C=O) groups is 1. The van der Waals surface area contributed by atoms with Crippen LogP contribution in [0.15, 0.2) is 42.5 Å². The number of anilines is 2. The fourth-order valence-corrected chi connectivity index (χ4v) is 1.64. The Bertz CT molecular complexity index is 612. The summed E-state index contributed by atoms with van der Waals surface area (Å²) in [4.78, 5) is 11.7. The molecule has 20 heavy (non-hydrogen) atoms. The quantitative estimate of drug-likeness (QED) is 0.842. The van der Waals surface area contributed by atoms with Crippen LogP contribution in [0.25, 0.3) is 0 Å². The van der Waals surface area contributed by atoms with Gasteiger partial charge in [0.25, 0.3) is 5.91 Å². The Morgan fingerprint density at radius 1 is 1.25 bits per heavy atom. The van der Waals surface area contributed by atoms with E-state index >= 15 is 0 Å². The van der Waals surface area contributed by atoms with Gasteiger partial charge in [0, 0.05) is 5.69 Å². The molecule has 2 aromatic carbocycles. The summed E-state index contributed by atoms with van der Waals surface area (Å²) in [5.41, 5.74) is 7.73. The Hall–Kier alpha value is -2.56. The van der Waals surface area contributed by atoms with Crippen molar-refractivity contribution >= 4 is 17.3 Å². The van der Waals surface area contributed by atoms with Crippen molar-refractivity contribution in [2.45, 2.75) is 6.92 Å². The van der Waals surface area contributed by atoms with Crippen LogP contribution in [-0.2, 0) is 4.79 Å². The van der Waals surface area contributed by atoms with Crippen LogP contribution in [0, 0.1) is 12.7 Å². The van der Waals surface area contributed by atoms with E-state index in [0.29, 0.717) is 17.1 Å². The minimum Gasteiger partial charge on any atom is -0.482 e. The third-order valence-electron chi connectivity index (χ3n) is 2.66. The fourth-order valence-electron chi connectivity index (χ4n) is 1.64. The van der Waals surface area contributed by atoms with Gasteiger partial charge < -0.3 is 15.8 Å². The highest BCUT2D eigenvalue weighted by atomic mass is 19.1. The molecule has 0 atom stereocenters. The number of hydrogen-bond donors (Lipinski definition) is 2. The van der Waals surface area contributed by atoms with Gasteiger partial charge in [-0.2, -0.15) is 0 Å². The van der Waals surface area contributed by atoms with Crippen molar-refractivity contribution in [1.29, 1.82) is 0 Å². The van der Waals surface area contributed by atoms with Crippen LogP contribution in [0.3, 0.4) is 0 Å². The summed E-state index contributed by atoms with van der Waals surface area (Å²) in [7, 11) is 0. The van der Waals surface area contributed by atoms with Crippen LogP contribution < -0.4 is 15.8 Å². The number of ether oxygens (including phenoxy) is 1. The Labute approximate surface area is 116 Å². The van der Waals surface area contributed by atoms with Crippen molar-refractivity contribution in [3.8, 4) is 5.75 Å². The van der Waals surface area contributed by atoms with Crippen molar-refractivity contribution in [3.05, 3.63) is 53.8 Å². The molecule has 0 bridgehead atoms. The van der Waals surface area contributed by atoms with Gasteiger partial charge in [0.1, 0.15) is 11.6 Å². The molecule has 0 unspecified atom stereocenters. The first kappa shape index (κ1) is 13.9. The molecule has 0 saturated carbocycles. The van der Waals surface area contributed by atoms with Gasteiger partial charge in [0.05, 0.1) is 5.69 Å². The van der Waals surface area contributed by atoms with E-state index in [9.17, 15) is 9.18 Å². The number of carbonyl (C=O) groups excluding carboxylic acids is 1. The smallest absolute Gasteiger partial charge is 0.262 e. The lowest BCUT2D eigenvalue weighted by Crippen LogP contribution is -2.20. The normalized spacial score (nSPS) is 10.1. The standard InChI is InChI=1S/C15H15FN2O2/c1-10-2-7-13(17)14(8-10)20-9-15(19)18-12-5-3-11(16)4-6-12/h2-8H,9,17H2,1H3,(H,18,19). The van der Waals surface area contributed by atoms with Crippen molar-refractivity contribution < 1.29 is 13.9 Å². The number of aryl methyl sites for hydroxylation is 1. The maximum atomic E-state index is 12.7. The molecule has 1 amide bonds. The number of nitrogen functional groups attached to an aromatic ring is 1. The predicted octanol–water partition coefficient (Wildman–Crippen LogP) is 2.73. The van der Waals surface area contributed by atoms with E-state index in [2.05, 4.69) is 5.32 Å². The molecule has 0 fully saturated rings. The van der Waals surface area contributed by atoms with Gasteiger partial charge in [0.2, 0.25) is 0 Å². The summed E-state index contributed by atoms with van der Waals surface area (Å²) in [6, 6.07) is 10.9. The zero-order valence-electron chi connectivity index (χ0n) is 11.0. The molecule has 5 heteroatoms. The molecule has 0 radical (unpaired) electrons. The maximum absolute atomic E-state index is 12.7. The zero-order chi connectivity index (χ0) is 14.5. The van der Waals surface area contributed by atoms with Crippen LogP contribution >= 0.6 is 0 Å². The molecule has 104 valence electrons. The molecule has 0 aliphatic carbocycles. The number of nitrogens with two attached hydrogens (primary N) is 1. The second-order valence-corrected chi connectivity index (χ2v) is 4.39. The largest absolute Gasteiger partial charge is 0.482 e. The molecular formula is C15H15FN2O2. The van der Waals surface area contributed by atoms with E-state index in [1.165, 1.54) is 24.3 Å². The molecule has 4 nitrogen and oxygen atoms in total. The van der Waals surface area contributed by atoms with E-state index in [-0.39, 0.29) is 18.3 Å². The number of hydrogen-bond acceptors (Lipinski definition) is 3. The van der Waals surface area contributed by atoms with E-state index in [0.717, 1.165) is 5.56 Å². The number of amides is 1. The highest BCUT2D eigenvalue weighted by Gasteiger charge is 2.06. The highest BCUT2D eigenvalue weighted by molar-refractivity contribution is 5.91. The summed E-state index contributed by atoms with van der Waals surface area (Å²) >= 11 is 0. The number of nitrogens with one attached hydrogen (secondary N) is 1. The third-order valence-corrected chi connectivity index (χ3v) is 2.66. The SMILES string of the molecule is Cc1ccc(N)c(OCC(=O)Nc2ccc(F)cc2)c1. The van der Waals surface area contributed by atoms with Crippen molar-refractivity contribution in [1.82, 2.24) is 0 Å².